The Hall–Kier alpha value is -3.32. The average molecular weight is 478 g/mol. The van der Waals surface area contributed by atoms with Gasteiger partial charge in [0.25, 0.3) is 5.91 Å². The van der Waals surface area contributed by atoms with Crippen molar-refractivity contribution in [2.45, 2.75) is 45.8 Å². The topological polar surface area (TPSA) is 78.2 Å². The zero-order valence-electron chi connectivity index (χ0n) is 20.6. The molecule has 0 radical (unpaired) electrons. The van der Waals surface area contributed by atoms with Crippen molar-refractivity contribution in [1.82, 2.24) is 4.90 Å². The lowest BCUT2D eigenvalue weighted by atomic mass is 9.97. The maximum absolute atomic E-state index is 13.8. The summed E-state index contributed by atoms with van der Waals surface area (Å²) in [4.78, 5) is 29.1. The molecule has 184 valence electrons. The number of methoxy groups -OCH3 is 1. The van der Waals surface area contributed by atoms with Gasteiger partial charge in [0.15, 0.2) is 16.9 Å². The summed E-state index contributed by atoms with van der Waals surface area (Å²) >= 11 is 0. The molecule has 0 spiro atoms. The fourth-order valence-corrected chi connectivity index (χ4v) is 4.91. The second-order valence-corrected chi connectivity index (χ2v) is 9.78. The van der Waals surface area contributed by atoms with Gasteiger partial charge in [-0.3, -0.25) is 9.59 Å². The molecule has 1 amide bonds. The van der Waals surface area contributed by atoms with Gasteiger partial charge in [0, 0.05) is 13.2 Å². The number of benzene rings is 2. The molecule has 35 heavy (non-hydrogen) atoms. The second kappa shape index (κ2) is 9.38. The molecule has 3 heterocycles. The Bertz CT molecular complexity index is 1320. The molecule has 0 unspecified atom stereocenters. The predicted molar refractivity (Wildman–Crippen MR) is 132 cm³/mol. The largest absolute Gasteiger partial charge is 0.493 e. The van der Waals surface area contributed by atoms with E-state index in [4.69, 9.17) is 18.6 Å². The van der Waals surface area contributed by atoms with Crippen LogP contribution in [0.15, 0.2) is 45.6 Å². The Labute approximate surface area is 204 Å². The summed E-state index contributed by atoms with van der Waals surface area (Å²) in [7, 11) is 1.59. The minimum Gasteiger partial charge on any atom is -0.493 e. The normalized spacial score (nSPS) is 19.6. The van der Waals surface area contributed by atoms with Gasteiger partial charge in [-0.25, -0.2) is 0 Å². The van der Waals surface area contributed by atoms with E-state index in [1.54, 1.807) is 18.1 Å². The summed E-state index contributed by atoms with van der Waals surface area (Å²) in [5.41, 5.74) is 2.32. The molecule has 1 fully saturated rings. The quantitative estimate of drug-likeness (QED) is 0.483. The van der Waals surface area contributed by atoms with Gasteiger partial charge in [-0.05, 0) is 55.5 Å². The summed E-state index contributed by atoms with van der Waals surface area (Å²) in [5.74, 6) is 1.36. The Balaban J connectivity index is 1.64. The minimum atomic E-state index is -0.601. The maximum atomic E-state index is 13.8. The van der Waals surface area contributed by atoms with Gasteiger partial charge in [-0.2, -0.15) is 0 Å². The van der Waals surface area contributed by atoms with Gasteiger partial charge in [-0.15, -0.1) is 0 Å². The lowest BCUT2D eigenvalue weighted by Crippen LogP contribution is -2.36. The van der Waals surface area contributed by atoms with E-state index >= 15 is 0 Å². The molecule has 7 heteroatoms. The molecular weight excluding hydrogens is 446 g/mol. The van der Waals surface area contributed by atoms with Crippen LogP contribution in [0.2, 0.25) is 0 Å². The number of fused-ring (bicyclic) bond motifs is 2. The third kappa shape index (κ3) is 4.29. The highest BCUT2D eigenvalue weighted by Gasteiger charge is 2.44. The van der Waals surface area contributed by atoms with Crippen molar-refractivity contribution in [2.24, 2.45) is 5.92 Å². The summed E-state index contributed by atoms with van der Waals surface area (Å²) < 4.78 is 23.4. The zero-order chi connectivity index (χ0) is 24.7. The van der Waals surface area contributed by atoms with Gasteiger partial charge < -0.3 is 23.5 Å². The van der Waals surface area contributed by atoms with Crippen LogP contribution in [0.4, 0.5) is 0 Å². The molecule has 5 rings (SSSR count). The average Bonchev–Trinajstić information content (AvgIpc) is 3.45. The molecule has 2 atom stereocenters. The number of rotatable bonds is 7. The van der Waals surface area contributed by atoms with Crippen LogP contribution in [0.25, 0.3) is 11.0 Å². The van der Waals surface area contributed by atoms with E-state index in [9.17, 15) is 9.59 Å². The van der Waals surface area contributed by atoms with E-state index in [-0.39, 0.29) is 23.2 Å². The second-order valence-electron chi connectivity index (χ2n) is 9.78. The van der Waals surface area contributed by atoms with Crippen molar-refractivity contribution >= 4 is 16.9 Å². The first-order chi connectivity index (χ1) is 16.9. The van der Waals surface area contributed by atoms with Gasteiger partial charge in [0.1, 0.15) is 5.58 Å². The smallest absolute Gasteiger partial charge is 0.291 e. The Morgan fingerprint density at radius 1 is 1.11 bits per heavy atom. The number of hydrogen-bond donors (Lipinski definition) is 0. The van der Waals surface area contributed by atoms with Crippen LogP contribution in [0.1, 0.15) is 60.0 Å². The van der Waals surface area contributed by atoms with Crippen molar-refractivity contribution < 1.29 is 23.4 Å². The molecule has 0 aliphatic carbocycles. The first-order valence-electron chi connectivity index (χ1n) is 12.2. The van der Waals surface area contributed by atoms with Crippen LogP contribution < -0.4 is 14.9 Å². The molecule has 7 nitrogen and oxygen atoms in total. The number of nitrogens with zero attached hydrogens (tertiary/aromatic N) is 1. The standard InChI is InChI=1S/C28H31NO6/c1-16(2)15-34-22-10-8-18(13-23(22)32-4)25-24-26(30)20-12-17(3)7-9-21(20)35-27(24)28(31)29(25)14-19-6-5-11-33-19/h7-10,12-13,16,19,25H,5-6,11,14-15H2,1-4H3/t19-,25+/m1/s1. The lowest BCUT2D eigenvalue weighted by molar-refractivity contribution is 0.0486. The third-order valence-electron chi connectivity index (χ3n) is 6.62. The van der Waals surface area contributed by atoms with E-state index in [1.807, 2.05) is 37.3 Å². The van der Waals surface area contributed by atoms with Gasteiger partial charge in [0.2, 0.25) is 5.76 Å². The summed E-state index contributed by atoms with van der Waals surface area (Å²) in [5, 5.41) is 0.476. The van der Waals surface area contributed by atoms with Crippen LogP contribution in [-0.4, -0.2) is 43.8 Å². The molecule has 0 saturated carbocycles. The predicted octanol–water partition coefficient (Wildman–Crippen LogP) is 4.87. The first kappa shape index (κ1) is 23.4. The summed E-state index contributed by atoms with van der Waals surface area (Å²) in [6, 6.07) is 10.4. The SMILES string of the molecule is COc1cc([C@H]2c3c(oc4ccc(C)cc4c3=O)C(=O)N2C[C@H]2CCCO2)ccc1OCC(C)C. The first-order valence-corrected chi connectivity index (χ1v) is 12.2. The van der Waals surface area contributed by atoms with Gasteiger partial charge in [-0.1, -0.05) is 31.5 Å². The van der Waals surface area contributed by atoms with Crippen LogP contribution >= 0.6 is 0 Å². The van der Waals surface area contributed by atoms with Crippen molar-refractivity contribution in [3.05, 3.63) is 69.1 Å². The van der Waals surface area contributed by atoms with Crippen molar-refractivity contribution in [3.8, 4) is 11.5 Å². The molecule has 1 saturated heterocycles. The van der Waals surface area contributed by atoms with Crippen molar-refractivity contribution in [2.75, 3.05) is 26.9 Å². The maximum Gasteiger partial charge on any atom is 0.291 e. The van der Waals surface area contributed by atoms with Crippen LogP contribution in [0.3, 0.4) is 0 Å². The number of ether oxygens (including phenoxy) is 3. The zero-order valence-corrected chi connectivity index (χ0v) is 20.6. The van der Waals surface area contributed by atoms with Crippen LogP contribution in [0, 0.1) is 12.8 Å². The number of amides is 1. The number of hydrogen-bond acceptors (Lipinski definition) is 6. The molecule has 2 aliphatic rings. The summed E-state index contributed by atoms with van der Waals surface area (Å²) in [6.07, 6.45) is 1.76. The Morgan fingerprint density at radius 2 is 1.94 bits per heavy atom. The molecule has 0 bridgehead atoms. The van der Waals surface area contributed by atoms with Crippen LogP contribution in [0.5, 0.6) is 11.5 Å². The van der Waals surface area contributed by atoms with Gasteiger partial charge in [0.05, 0.1) is 36.8 Å². The van der Waals surface area contributed by atoms with E-state index in [0.29, 0.717) is 53.7 Å². The fourth-order valence-electron chi connectivity index (χ4n) is 4.91. The van der Waals surface area contributed by atoms with E-state index < -0.39 is 6.04 Å². The highest BCUT2D eigenvalue weighted by atomic mass is 16.5. The Morgan fingerprint density at radius 3 is 2.66 bits per heavy atom. The van der Waals surface area contributed by atoms with Gasteiger partial charge >= 0.3 is 0 Å². The minimum absolute atomic E-state index is 0.0712. The molecule has 3 aromatic rings. The lowest BCUT2D eigenvalue weighted by Gasteiger charge is -2.28. The van der Waals surface area contributed by atoms with Crippen LogP contribution in [-0.2, 0) is 4.74 Å². The van der Waals surface area contributed by atoms with E-state index in [1.165, 1.54) is 0 Å². The van der Waals surface area contributed by atoms with Crippen molar-refractivity contribution in [3.63, 3.8) is 0 Å². The molecular formula is C28H31NO6. The molecule has 0 N–H and O–H groups in total. The monoisotopic (exact) mass is 477 g/mol. The van der Waals surface area contributed by atoms with E-state index in [0.717, 1.165) is 24.0 Å². The highest BCUT2D eigenvalue weighted by Crippen LogP contribution is 2.41. The highest BCUT2D eigenvalue weighted by molar-refractivity contribution is 5.99. The van der Waals surface area contributed by atoms with Crippen molar-refractivity contribution in [1.29, 1.82) is 0 Å². The Kier molecular flexibility index (Phi) is 6.28. The number of carbonyl (C=O) groups is 1. The third-order valence-corrected chi connectivity index (χ3v) is 6.62. The molecule has 2 aromatic carbocycles. The number of carbonyl (C=O) groups excluding carboxylic acids is 1. The van der Waals surface area contributed by atoms with E-state index in [2.05, 4.69) is 13.8 Å². The fraction of sp³-hybridized carbons (Fsp3) is 0.429. The number of aryl methyl sites for hydroxylation is 1. The summed E-state index contributed by atoms with van der Waals surface area (Å²) in [6.45, 7) is 7.71. The molecule has 2 aliphatic heterocycles. The molecule has 1 aromatic heterocycles.